The lowest BCUT2D eigenvalue weighted by Gasteiger charge is -2.08. The van der Waals surface area contributed by atoms with E-state index in [4.69, 9.17) is 4.74 Å². The summed E-state index contributed by atoms with van der Waals surface area (Å²) in [5.41, 5.74) is 1.03. The van der Waals surface area contributed by atoms with E-state index in [0.29, 0.717) is 13.1 Å². The molecule has 0 atom stereocenters. The fraction of sp³-hybridized carbons (Fsp3) is 0.235. The average molecular weight is 284 g/mol. The summed E-state index contributed by atoms with van der Waals surface area (Å²) in [6.45, 7) is 3.21. The summed E-state index contributed by atoms with van der Waals surface area (Å²) in [7, 11) is 0. The fourth-order valence-electron chi connectivity index (χ4n) is 1.78. The number of carbonyl (C=O) groups is 1. The Kier molecular flexibility index (Phi) is 5.64. The number of hydrogen-bond donors (Lipinski definition) is 2. The quantitative estimate of drug-likeness (QED) is 0.850. The third kappa shape index (κ3) is 5.18. The van der Waals surface area contributed by atoms with Gasteiger partial charge in [0.15, 0.2) is 0 Å². The zero-order valence-corrected chi connectivity index (χ0v) is 12.1. The zero-order valence-electron chi connectivity index (χ0n) is 12.1. The van der Waals surface area contributed by atoms with Gasteiger partial charge in [-0.2, -0.15) is 0 Å². The third-order valence-corrected chi connectivity index (χ3v) is 2.89. The van der Waals surface area contributed by atoms with Crippen LogP contribution in [0, 0.1) is 0 Å². The number of rotatable bonds is 6. The summed E-state index contributed by atoms with van der Waals surface area (Å²) >= 11 is 0. The minimum Gasteiger partial charge on any atom is -0.457 e. The van der Waals surface area contributed by atoms with E-state index < -0.39 is 0 Å². The summed E-state index contributed by atoms with van der Waals surface area (Å²) in [4.78, 5) is 11.4. The lowest BCUT2D eigenvalue weighted by Crippen LogP contribution is -2.35. The second kappa shape index (κ2) is 7.94. The van der Waals surface area contributed by atoms with Gasteiger partial charge >= 0.3 is 6.03 Å². The van der Waals surface area contributed by atoms with Crippen LogP contribution in [0.3, 0.4) is 0 Å². The van der Waals surface area contributed by atoms with Gasteiger partial charge in [-0.25, -0.2) is 4.79 Å². The molecule has 4 nitrogen and oxygen atoms in total. The molecule has 2 aromatic rings. The van der Waals surface area contributed by atoms with Crippen molar-refractivity contribution in [2.75, 3.05) is 6.54 Å². The largest absolute Gasteiger partial charge is 0.457 e. The molecule has 0 saturated carbocycles. The van der Waals surface area contributed by atoms with Crippen LogP contribution in [-0.2, 0) is 6.54 Å². The Hall–Kier alpha value is -2.49. The molecule has 2 rings (SSSR count). The standard InChI is InChI=1S/C17H20N2O2/c1-2-12-18-17(20)19-13-14-8-10-16(11-9-14)21-15-6-4-3-5-7-15/h3-11H,2,12-13H2,1H3,(H2,18,19,20). The topological polar surface area (TPSA) is 50.4 Å². The first-order chi connectivity index (χ1) is 10.3. The van der Waals surface area contributed by atoms with Gasteiger partial charge in [0.1, 0.15) is 11.5 Å². The Bertz CT molecular complexity index is 553. The number of nitrogens with one attached hydrogen (secondary N) is 2. The molecule has 4 heteroatoms. The number of hydrogen-bond acceptors (Lipinski definition) is 2. The van der Waals surface area contributed by atoms with Crippen molar-refractivity contribution in [3.05, 3.63) is 60.2 Å². The van der Waals surface area contributed by atoms with Crippen molar-refractivity contribution in [3.63, 3.8) is 0 Å². The van der Waals surface area contributed by atoms with Crippen LogP contribution in [-0.4, -0.2) is 12.6 Å². The van der Waals surface area contributed by atoms with E-state index in [1.165, 1.54) is 0 Å². The summed E-state index contributed by atoms with van der Waals surface area (Å²) in [5.74, 6) is 1.59. The number of para-hydroxylation sites is 1. The maximum atomic E-state index is 11.4. The fourth-order valence-corrected chi connectivity index (χ4v) is 1.78. The van der Waals surface area contributed by atoms with Crippen LogP contribution in [0.4, 0.5) is 4.79 Å². The number of urea groups is 1. The van der Waals surface area contributed by atoms with Gasteiger partial charge in [0, 0.05) is 13.1 Å². The molecule has 0 radical (unpaired) electrons. The van der Waals surface area contributed by atoms with Gasteiger partial charge in [0.2, 0.25) is 0 Å². The van der Waals surface area contributed by atoms with Crippen LogP contribution < -0.4 is 15.4 Å². The molecule has 0 aromatic heterocycles. The number of amides is 2. The molecule has 0 aliphatic carbocycles. The van der Waals surface area contributed by atoms with E-state index in [1.54, 1.807) is 0 Å². The highest BCUT2D eigenvalue weighted by molar-refractivity contribution is 5.73. The van der Waals surface area contributed by atoms with Crippen molar-refractivity contribution >= 4 is 6.03 Å². The monoisotopic (exact) mass is 284 g/mol. The van der Waals surface area contributed by atoms with Crippen LogP contribution >= 0.6 is 0 Å². The van der Waals surface area contributed by atoms with E-state index in [1.807, 2.05) is 61.5 Å². The molecule has 2 amide bonds. The predicted octanol–water partition coefficient (Wildman–Crippen LogP) is 3.69. The first kappa shape index (κ1) is 14.9. The molecular formula is C17H20N2O2. The number of ether oxygens (including phenoxy) is 1. The number of carbonyl (C=O) groups excluding carboxylic acids is 1. The van der Waals surface area contributed by atoms with Gasteiger partial charge in [-0.1, -0.05) is 37.3 Å². The SMILES string of the molecule is CCCNC(=O)NCc1ccc(Oc2ccccc2)cc1. The van der Waals surface area contributed by atoms with Crippen LogP contribution in [0.5, 0.6) is 11.5 Å². The Morgan fingerprint density at radius 3 is 2.29 bits per heavy atom. The van der Waals surface area contributed by atoms with Gasteiger partial charge in [0.05, 0.1) is 0 Å². The lowest BCUT2D eigenvalue weighted by atomic mass is 10.2. The molecule has 0 saturated heterocycles. The van der Waals surface area contributed by atoms with Gasteiger partial charge in [-0.3, -0.25) is 0 Å². The van der Waals surface area contributed by atoms with Crippen molar-refractivity contribution in [1.82, 2.24) is 10.6 Å². The first-order valence-corrected chi connectivity index (χ1v) is 7.11. The van der Waals surface area contributed by atoms with Crippen LogP contribution in [0.15, 0.2) is 54.6 Å². The first-order valence-electron chi connectivity index (χ1n) is 7.11. The summed E-state index contributed by atoms with van der Waals surface area (Å²) < 4.78 is 5.71. The summed E-state index contributed by atoms with van der Waals surface area (Å²) in [6.07, 6.45) is 0.930. The number of benzene rings is 2. The molecule has 0 unspecified atom stereocenters. The van der Waals surface area contributed by atoms with E-state index in [9.17, 15) is 4.79 Å². The highest BCUT2D eigenvalue weighted by atomic mass is 16.5. The maximum absolute atomic E-state index is 11.4. The van der Waals surface area contributed by atoms with Crippen molar-refractivity contribution in [1.29, 1.82) is 0 Å². The molecule has 110 valence electrons. The average Bonchev–Trinajstić information content (AvgIpc) is 2.53. The molecule has 2 aromatic carbocycles. The Balaban J connectivity index is 1.83. The minimum atomic E-state index is -0.138. The van der Waals surface area contributed by atoms with E-state index in [-0.39, 0.29) is 6.03 Å². The zero-order chi connectivity index (χ0) is 14.9. The molecule has 0 heterocycles. The van der Waals surface area contributed by atoms with Crippen LogP contribution in [0.1, 0.15) is 18.9 Å². The molecule has 21 heavy (non-hydrogen) atoms. The molecule has 0 aliphatic rings. The van der Waals surface area contributed by atoms with Crippen LogP contribution in [0.25, 0.3) is 0 Å². The molecule has 2 N–H and O–H groups in total. The Morgan fingerprint density at radius 1 is 0.952 bits per heavy atom. The highest BCUT2D eigenvalue weighted by Gasteiger charge is 2.00. The lowest BCUT2D eigenvalue weighted by molar-refractivity contribution is 0.240. The van der Waals surface area contributed by atoms with Crippen LogP contribution in [0.2, 0.25) is 0 Å². The molecule has 0 fully saturated rings. The normalized spacial score (nSPS) is 9.95. The molecule has 0 aliphatic heterocycles. The van der Waals surface area contributed by atoms with Crippen molar-refractivity contribution in [2.45, 2.75) is 19.9 Å². The second-order valence-corrected chi connectivity index (χ2v) is 4.67. The van der Waals surface area contributed by atoms with E-state index in [2.05, 4.69) is 10.6 Å². The molecule has 0 bridgehead atoms. The van der Waals surface area contributed by atoms with Gasteiger partial charge < -0.3 is 15.4 Å². The van der Waals surface area contributed by atoms with Crippen molar-refractivity contribution in [3.8, 4) is 11.5 Å². The molecular weight excluding hydrogens is 264 g/mol. The maximum Gasteiger partial charge on any atom is 0.315 e. The van der Waals surface area contributed by atoms with Gasteiger partial charge in [0.25, 0.3) is 0 Å². The Labute approximate surface area is 125 Å². The molecule has 0 spiro atoms. The third-order valence-electron chi connectivity index (χ3n) is 2.89. The van der Waals surface area contributed by atoms with Gasteiger partial charge in [-0.05, 0) is 36.2 Å². The van der Waals surface area contributed by atoms with Crippen molar-refractivity contribution < 1.29 is 9.53 Å². The van der Waals surface area contributed by atoms with E-state index in [0.717, 1.165) is 23.5 Å². The highest BCUT2D eigenvalue weighted by Crippen LogP contribution is 2.20. The van der Waals surface area contributed by atoms with Crippen molar-refractivity contribution in [2.24, 2.45) is 0 Å². The summed E-state index contributed by atoms with van der Waals surface area (Å²) in [6, 6.07) is 17.2. The summed E-state index contributed by atoms with van der Waals surface area (Å²) in [5, 5.41) is 5.58. The second-order valence-electron chi connectivity index (χ2n) is 4.67. The Morgan fingerprint density at radius 2 is 1.62 bits per heavy atom. The predicted molar refractivity (Wildman–Crippen MR) is 83.5 cm³/mol. The van der Waals surface area contributed by atoms with E-state index >= 15 is 0 Å². The minimum absolute atomic E-state index is 0.138. The van der Waals surface area contributed by atoms with Gasteiger partial charge in [-0.15, -0.1) is 0 Å². The smallest absolute Gasteiger partial charge is 0.315 e.